The molecule has 0 N–H and O–H groups in total. The summed E-state index contributed by atoms with van der Waals surface area (Å²) in [6, 6.07) is 7.18. The van der Waals surface area contributed by atoms with Crippen LogP contribution in [0.1, 0.15) is 45.1 Å². The number of benzene rings is 1. The van der Waals surface area contributed by atoms with Crippen molar-refractivity contribution in [1.29, 1.82) is 5.26 Å². The highest BCUT2D eigenvalue weighted by Gasteiger charge is 2.16. The van der Waals surface area contributed by atoms with E-state index in [4.69, 9.17) is 14.2 Å². The van der Waals surface area contributed by atoms with Crippen LogP contribution in [0.3, 0.4) is 0 Å². The number of rotatable bonds is 8. The van der Waals surface area contributed by atoms with Crippen LogP contribution in [0.2, 0.25) is 0 Å². The van der Waals surface area contributed by atoms with Gasteiger partial charge >= 0.3 is 5.97 Å². The van der Waals surface area contributed by atoms with E-state index >= 15 is 0 Å². The number of carbonyl (C=O) groups excluding carboxylic acids is 1. The van der Waals surface area contributed by atoms with E-state index in [1.54, 1.807) is 18.2 Å². The number of fused-ring (bicyclic) bond motifs is 1. The van der Waals surface area contributed by atoms with Crippen molar-refractivity contribution in [2.75, 3.05) is 13.4 Å². The monoisotopic (exact) mass is 329 g/mol. The molecule has 0 amide bonds. The maximum Gasteiger partial charge on any atom is 0.348 e. The fourth-order valence-corrected chi connectivity index (χ4v) is 2.48. The maximum absolute atomic E-state index is 12.1. The van der Waals surface area contributed by atoms with Gasteiger partial charge in [0.25, 0.3) is 0 Å². The smallest absolute Gasteiger partial charge is 0.348 e. The van der Waals surface area contributed by atoms with Crippen LogP contribution in [0.5, 0.6) is 11.5 Å². The number of nitriles is 1. The van der Waals surface area contributed by atoms with Crippen molar-refractivity contribution in [1.82, 2.24) is 0 Å². The van der Waals surface area contributed by atoms with Gasteiger partial charge in [-0.05, 0) is 36.1 Å². The van der Waals surface area contributed by atoms with Crippen LogP contribution in [0.4, 0.5) is 0 Å². The lowest BCUT2D eigenvalue weighted by molar-refractivity contribution is -0.139. The van der Waals surface area contributed by atoms with Crippen molar-refractivity contribution in [2.24, 2.45) is 5.92 Å². The number of carbonyl (C=O) groups is 1. The summed E-state index contributed by atoms with van der Waals surface area (Å²) < 4.78 is 15.9. The predicted molar refractivity (Wildman–Crippen MR) is 90.4 cm³/mol. The van der Waals surface area contributed by atoms with Gasteiger partial charge < -0.3 is 14.2 Å². The topological polar surface area (TPSA) is 68.6 Å². The molecule has 5 heteroatoms. The standard InChI is InChI=1S/C19H23NO4/c1-3-5-6-14(4-2)12-22-19(21)16(11-20)9-15-7-8-17-18(10-15)24-13-23-17/h7-10,14H,3-6,12-13H2,1-2H3. The number of hydrogen-bond acceptors (Lipinski definition) is 5. The van der Waals surface area contributed by atoms with Gasteiger partial charge in [-0.2, -0.15) is 5.26 Å². The molecular formula is C19H23NO4. The molecule has 24 heavy (non-hydrogen) atoms. The van der Waals surface area contributed by atoms with Crippen LogP contribution < -0.4 is 9.47 Å². The largest absolute Gasteiger partial charge is 0.461 e. The van der Waals surface area contributed by atoms with Crippen LogP contribution in [0.15, 0.2) is 23.8 Å². The molecule has 0 saturated heterocycles. The van der Waals surface area contributed by atoms with Crippen LogP contribution >= 0.6 is 0 Å². The summed E-state index contributed by atoms with van der Waals surface area (Å²) in [6.07, 6.45) is 5.75. The molecule has 0 fully saturated rings. The van der Waals surface area contributed by atoms with Crippen molar-refractivity contribution in [3.63, 3.8) is 0 Å². The van der Waals surface area contributed by atoms with Gasteiger partial charge in [0.1, 0.15) is 11.6 Å². The summed E-state index contributed by atoms with van der Waals surface area (Å²) in [4.78, 5) is 12.1. The molecule has 0 bridgehead atoms. The van der Waals surface area contributed by atoms with Gasteiger partial charge in [-0.1, -0.05) is 39.2 Å². The second kappa shape index (κ2) is 8.97. The lowest BCUT2D eigenvalue weighted by Gasteiger charge is -2.14. The van der Waals surface area contributed by atoms with Crippen LogP contribution in [-0.4, -0.2) is 19.4 Å². The molecule has 1 aliphatic rings. The van der Waals surface area contributed by atoms with E-state index in [1.165, 1.54) is 6.08 Å². The minimum absolute atomic E-state index is 0.0146. The summed E-state index contributed by atoms with van der Waals surface area (Å²) in [7, 11) is 0. The van der Waals surface area contributed by atoms with E-state index in [0.29, 0.717) is 29.6 Å². The van der Waals surface area contributed by atoms with Gasteiger partial charge in [0.2, 0.25) is 6.79 Å². The third kappa shape index (κ3) is 4.76. The average molecular weight is 329 g/mol. The molecule has 0 radical (unpaired) electrons. The molecule has 1 aromatic carbocycles. The molecule has 1 aromatic rings. The Kier molecular flexibility index (Phi) is 6.68. The molecule has 1 atom stereocenters. The second-order valence-corrected chi connectivity index (χ2v) is 5.80. The van der Waals surface area contributed by atoms with Gasteiger partial charge in [-0.15, -0.1) is 0 Å². The minimum Gasteiger partial charge on any atom is -0.461 e. The van der Waals surface area contributed by atoms with Gasteiger partial charge in [0.15, 0.2) is 11.5 Å². The molecule has 128 valence electrons. The maximum atomic E-state index is 12.1. The summed E-state index contributed by atoms with van der Waals surface area (Å²) >= 11 is 0. The van der Waals surface area contributed by atoms with Crippen molar-refractivity contribution >= 4 is 12.0 Å². The zero-order valence-corrected chi connectivity index (χ0v) is 14.2. The molecule has 0 aliphatic carbocycles. The first-order chi connectivity index (χ1) is 11.7. The Labute approximate surface area is 142 Å². The van der Waals surface area contributed by atoms with Gasteiger partial charge in [0.05, 0.1) is 6.61 Å². The van der Waals surface area contributed by atoms with Gasteiger partial charge in [0, 0.05) is 0 Å². The van der Waals surface area contributed by atoms with Crippen LogP contribution in [0, 0.1) is 17.2 Å². The summed E-state index contributed by atoms with van der Waals surface area (Å²) in [5.74, 6) is 1.04. The highest BCUT2D eigenvalue weighted by Crippen LogP contribution is 2.33. The normalized spacial score (nSPS) is 14.1. The molecule has 2 rings (SSSR count). The number of nitrogens with zero attached hydrogens (tertiary/aromatic N) is 1. The average Bonchev–Trinajstić information content (AvgIpc) is 3.07. The fourth-order valence-electron chi connectivity index (χ4n) is 2.48. The van der Waals surface area contributed by atoms with E-state index in [0.717, 1.165) is 25.7 Å². The van der Waals surface area contributed by atoms with E-state index < -0.39 is 5.97 Å². The van der Waals surface area contributed by atoms with E-state index in [2.05, 4.69) is 13.8 Å². The first kappa shape index (κ1) is 17.9. The summed E-state index contributed by atoms with van der Waals surface area (Å²) in [5, 5.41) is 9.24. The minimum atomic E-state index is -0.579. The van der Waals surface area contributed by atoms with Crippen LogP contribution in [0.25, 0.3) is 6.08 Å². The highest BCUT2D eigenvalue weighted by molar-refractivity contribution is 5.98. The first-order valence-corrected chi connectivity index (χ1v) is 8.36. The molecule has 0 aromatic heterocycles. The summed E-state index contributed by atoms with van der Waals surface area (Å²) in [5.41, 5.74) is 0.685. The molecule has 1 aliphatic heterocycles. The Morgan fingerprint density at radius 3 is 2.88 bits per heavy atom. The second-order valence-electron chi connectivity index (χ2n) is 5.80. The highest BCUT2D eigenvalue weighted by atomic mass is 16.7. The third-order valence-corrected chi connectivity index (χ3v) is 4.04. The molecule has 1 heterocycles. The van der Waals surface area contributed by atoms with Crippen molar-refractivity contribution in [2.45, 2.75) is 39.5 Å². The zero-order chi connectivity index (χ0) is 17.4. The Morgan fingerprint density at radius 1 is 1.38 bits per heavy atom. The Hall–Kier alpha value is -2.48. The van der Waals surface area contributed by atoms with E-state index in [-0.39, 0.29) is 12.4 Å². The van der Waals surface area contributed by atoms with Crippen molar-refractivity contribution in [3.05, 3.63) is 29.3 Å². The van der Waals surface area contributed by atoms with E-state index in [1.807, 2.05) is 6.07 Å². The number of esters is 1. The lowest BCUT2D eigenvalue weighted by Crippen LogP contribution is -2.15. The molecule has 1 unspecified atom stereocenters. The first-order valence-electron chi connectivity index (χ1n) is 8.36. The molecule has 0 saturated carbocycles. The zero-order valence-electron chi connectivity index (χ0n) is 14.2. The molecule has 5 nitrogen and oxygen atoms in total. The van der Waals surface area contributed by atoms with Crippen molar-refractivity contribution < 1.29 is 19.0 Å². The number of ether oxygens (including phenoxy) is 3. The Morgan fingerprint density at radius 2 is 2.17 bits per heavy atom. The summed E-state index contributed by atoms with van der Waals surface area (Å²) in [6.45, 7) is 4.77. The molecule has 0 spiro atoms. The van der Waals surface area contributed by atoms with Crippen molar-refractivity contribution in [3.8, 4) is 17.6 Å². The SMILES string of the molecule is CCCCC(CC)COC(=O)C(C#N)=Cc1ccc2c(c1)OCO2. The van der Waals surface area contributed by atoms with E-state index in [9.17, 15) is 10.1 Å². The van der Waals surface area contributed by atoms with Gasteiger partial charge in [-0.3, -0.25) is 0 Å². The quantitative estimate of drug-likeness (QED) is 0.408. The fraction of sp³-hybridized carbons (Fsp3) is 0.474. The third-order valence-electron chi connectivity index (χ3n) is 4.04. The van der Waals surface area contributed by atoms with Gasteiger partial charge in [-0.25, -0.2) is 4.79 Å². The molecular weight excluding hydrogens is 306 g/mol. The lowest BCUT2D eigenvalue weighted by atomic mass is 10.0. The number of unbranched alkanes of at least 4 members (excludes halogenated alkanes) is 1. The van der Waals surface area contributed by atoms with Crippen LogP contribution in [-0.2, 0) is 9.53 Å². The number of hydrogen-bond donors (Lipinski definition) is 0. The predicted octanol–water partition coefficient (Wildman–Crippen LogP) is 4.08. The Bertz CT molecular complexity index is 645. The Balaban J connectivity index is 1.99.